The molecule has 4 nitrogen and oxygen atoms in total. The van der Waals surface area contributed by atoms with Crippen molar-refractivity contribution < 1.29 is 19.1 Å². The van der Waals surface area contributed by atoms with Gasteiger partial charge in [-0.3, -0.25) is 4.79 Å². The van der Waals surface area contributed by atoms with Crippen molar-refractivity contribution in [1.82, 2.24) is 0 Å². The molecule has 21 heavy (non-hydrogen) atoms. The van der Waals surface area contributed by atoms with Gasteiger partial charge in [0.05, 0.1) is 6.42 Å². The molecular weight excluding hydrogens is 268 g/mol. The maximum Gasteiger partial charge on any atom is 0.352 e. The molecule has 1 aliphatic heterocycles. The van der Waals surface area contributed by atoms with Gasteiger partial charge in [-0.1, -0.05) is 64.9 Å². The van der Waals surface area contributed by atoms with Gasteiger partial charge in [0.2, 0.25) is 6.10 Å². The number of carbonyl (C=O) groups is 2. The van der Waals surface area contributed by atoms with Crippen LogP contribution >= 0.6 is 0 Å². The molecule has 1 fully saturated rings. The molecule has 1 rings (SSSR count). The molecule has 1 heterocycles. The van der Waals surface area contributed by atoms with Crippen molar-refractivity contribution in [3.63, 3.8) is 0 Å². The van der Waals surface area contributed by atoms with E-state index in [1.54, 1.807) is 0 Å². The molecule has 0 unspecified atom stereocenters. The second-order valence-corrected chi connectivity index (χ2v) is 5.72. The molecule has 0 aromatic carbocycles. The van der Waals surface area contributed by atoms with Gasteiger partial charge < -0.3 is 9.47 Å². The Kier molecular flexibility index (Phi) is 8.79. The van der Waals surface area contributed by atoms with Crippen LogP contribution < -0.4 is 0 Å². The van der Waals surface area contributed by atoms with Gasteiger partial charge in [0.25, 0.3) is 0 Å². The lowest BCUT2D eigenvalue weighted by atomic mass is 10.1. The van der Waals surface area contributed by atoms with Crippen molar-refractivity contribution in [1.29, 1.82) is 0 Å². The quantitative estimate of drug-likeness (QED) is 0.422. The van der Waals surface area contributed by atoms with E-state index >= 15 is 0 Å². The third kappa shape index (κ3) is 7.88. The SMILES string of the molecule is C=C1C[C@H](OC(=O)CCCCCCCCCCC)C(=O)O1. The van der Waals surface area contributed by atoms with Crippen molar-refractivity contribution in [3.8, 4) is 0 Å². The average molecular weight is 296 g/mol. The van der Waals surface area contributed by atoms with Gasteiger partial charge in [0.1, 0.15) is 5.76 Å². The average Bonchev–Trinajstić information content (AvgIpc) is 2.75. The first-order valence-electron chi connectivity index (χ1n) is 8.22. The summed E-state index contributed by atoms with van der Waals surface area (Å²) in [5, 5.41) is 0. The first-order valence-corrected chi connectivity index (χ1v) is 8.22. The number of ether oxygens (including phenoxy) is 2. The van der Waals surface area contributed by atoms with Crippen LogP contribution in [-0.2, 0) is 19.1 Å². The highest BCUT2D eigenvalue weighted by atomic mass is 16.6. The zero-order valence-corrected chi connectivity index (χ0v) is 13.2. The molecule has 0 aromatic rings. The zero-order valence-electron chi connectivity index (χ0n) is 13.2. The fraction of sp³-hybridized carbons (Fsp3) is 0.765. The second kappa shape index (κ2) is 10.4. The predicted molar refractivity (Wildman–Crippen MR) is 81.6 cm³/mol. The van der Waals surface area contributed by atoms with Crippen LogP contribution in [0, 0.1) is 0 Å². The van der Waals surface area contributed by atoms with E-state index in [2.05, 4.69) is 13.5 Å². The van der Waals surface area contributed by atoms with E-state index in [4.69, 9.17) is 9.47 Å². The van der Waals surface area contributed by atoms with Crippen molar-refractivity contribution in [2.24, 2.45) is 0 Å². The monoisotopic (exact) mass is 296 g/mol. The van der Waals surface area contributed by atoms with Crippen molar-refractivity contribution in [2.75, 3.05) is 0 Å². The molecule has 0 aliphatic carbocycles. The summed E-state index contributed by atoms with van der Waals surface area (Å²) in [6, 6.07) is 0. The topological polar surface area (TPSA) is 52.6 Å². The number of esters is 2. The molecule has 1 atom stereocenters. The van der Waals surface area contributed by atoms with Crippen LogP contribution in [0.3, 0.4) is 0 Å². The van der Waals surface area contributed by atoms with E-state index in [0.29, 0.717) is 18.6 Å². The van der Waals surface area contributed by atoms with Crippen LogP contribution in [0.1, 0.15) is 77.6 Å². The van der Waals surface area contributed by atoms with E-state index < -0.39 is 12.1 Å². The largest absolute Gasteiger partial charge is 0.450 e. The van der Waals surface area contributed by atoms with Gasteiger partial charge in [0, 0.05) is 6.42 Å². The summed E-state index contributed by atoms with van der Waals surface area (Å²) in [7, 11) is 0. The molecule has 0 bridgehead atoms. The fourth-order valence-electron chi connectivity index (χ4n) is 2.43. The first kappa shape index (κ1) is 17.7. The van der Waals surface area contributed by atoms with Gasteiger partial charge in [-0.05, 0) is 6.42 Å². The summed E-state index contributed by atoms with van der Waals surface area (Å²) >= 11 is 0. The Morgan fingerprint density at radius 2 is 1.71 bits per heavy atom. The van der Waals surface area contributed by atoms with Crippen LogP contribution in [0.15, 0.2) is 12.3 Å². The Bertz CT molecular complexity index is 349. The number of hydrogen-bond acceptors (Lipinski definition) is 4. The fourth-order valence-corrected chi connectivity index (χ4v) is 2.43. The van der Waals surface area contributed by atoms with Crippen LogP contribution in [0.5, 0.6) is 0 Å². The minimum absolute atomic E-state index is 0.294. The van der Waals surface area contributed by atoms with E-state index in [1.807, 2.05) is 0 Å². The Labute approximate surface area is 127 Å². The highest BCUT2D eigenvalue weighted by Crippen LogP contribution is 2.20. The summed E-state index contributed by atoms with van der Waals surface area (Å²) < 4.78 is 9.85. The first-order chi connectivity index (χ1) is 10.1. The van der Waals surface area contributed by atoms with Gasteiger partial charge in [-0.2, -0.15) is 0 Å². The Morgan fingerprint density at radius 3 is 2.24 bits per heavy atom. The van der Waals surface area contributed by atoms with E-state index in [-0.39, 0.29) is 5.97 Å². The molecule has 0 spiro atoms. The summed E-state index contributed by atoms with van der Waals surface area (Å²) in [5.41, 5.74) is 0. The zero-order chi connectivity index (χ0) is 15.5. The third-order valence-corrected chi connectivity index (χ3v) is 3.68. The summed E-state index contributed by atoms with van der Waals surface area (Å²) in [4.78, 5) is 22.9. The Balaban J connectivity index is 1.94. The number of carbonyl (C=O) groups excluding carboxylic acids is 2. The second-order valence-electron chi connectivity index (χ2n) is 5.72. The lowest BCUT2D eigenvalue weighted by molar-refractivity contribution is -0.159. The molecule has 1 aliphatic rings. The Morgan fingerprint density at radius 1 is 1.14 bits per heavy atom. The molecule has 0 N–H and O–H groups in total. The van der Waals surface area contributed by atoms with E-state index in [0.717, 1.165) is 12.8 Å². The van der Waals surface area contributed by atoms with Gasteiger partial charge in [-0.25, -0.2) is 4.79 Å². The highest BCUT2D eigenvalue weighted by Gasteiger charge is 2.32. The minimum atomic E-state index is -0.774. The van der Waals surface area contributed by atoms with Crippen LogP contribution in [0.25, 0.3) is 0 Å². The number of cyclic esters (lactones) is 1. The van der Waals surface area contributed by atoms with Crippen LogP contribution in [0.4, 0.5) is 0 Å². The van der Waals surface area contributed by atoms with E-state index in [1.165, 1.54) is 44.9 Å². The maximum absolute atomic E-state index is 11.6. The Hall–Kier alpha value is -1.32. The molecular formula is C17H28O4. The number of unbranched alkanes of at least 4 members (excludes halogenated alkanes) is 8. The third-order valence-electron chi connectivity index (χ3n) is 3.68. The van der Waals surface area contributed by atoms with Crippen LogP contribution in [0.2, 0.25) is 0 Å². The van der Waals surface area contributed by atoms with Crippen molar-refractivity contribution in [3.05, 3.63) is 12.3 Å². The highest BCUT2D eigenvalue weighted by molar-refractivity contribution is 5.82. The van der Waals surface area contributed by atoms with E-state index in [9.17, 15) is 9.59 Å². The number of rotatable bonds is 11. The molecule has 0 radical (unpaired) electrons. The van der Waals surface area contributed by atoms with Crippen molar-refractivity contribution >= 4 is 11.9 Å². The molecule has 4 heteroatoms. The number of hydrogen-bond donors (Lipinski definition) is 0. The smallest absolute Gasteiger partial charge is 0.352 e. The minimum Gasteiger partial charge on any atom is -0.450 e. The molecule has 0 amide bonds. The lowest BCUT2D eigenvalue weighted by Crippen LogP contribution is -2.22. The van der Waals surface area contributed by atoms with Gasteiger partial charge in [-0.15, -0.1) is 0 Å². The molecule has 0 aromatic heterocycles. The summed E-state index contributed by atoms with van der Waals surface area (Å²) in [6.45, 7) is 5.77. The summed E-state index contributed by atoms with van der Waals surface area (Å²) in [6.07, 6.45) is 10.8. The lowest BCUT2D eigenvalue weighted by Gasteiger charge is -2.07. The van der Waals surface area contributed by atoms with Gasteiger partial charge >= 0.3 is 11.9 Å². The summed E-state index contributed by atoms with van der Waals surface area (Å²) in [5.74, 6) is -0.434. The van der Waals surface area contributed by atoms with Crippen LogP contribution in [-0.4, -0.2) is 18.0 Å². The normalized spacial score (nSPS) is 17.9. The molecule has 0 saturated carbocycles. The predicted octanol–water partition coefficient (Wildman–Crippen LogP) is 4.28. The van der Waals surface area contributed by atoms with Crippen molar-refractivity contribution in [2.45, 2.75) is 83.7 Å². The molecule has 120 valence electrons. The standard InChI is InChI=1S/C17H28O4/c1-3-4-5-6-7-8-9-10-11-12-16(18)21-15-13-14(2)20-17(15)19/h15H,2-13H2,1H3/t15-/m0/s1. The molecule has 1 saturated heterocycles. The van der Waals surface area contributed by atoms with Gasteiger partial charge in [0.15, 0.2) is 0 Å². The maximum atomic E-state index is 11.6.